The lowest BCUT2D eigenvalue weighted by molar-refractivity contribution is -0.134. The molecule has 0 aromatic heterocycles. The highest BCUT2D eigenvalue weighted by molar-refractivity contribution is 7.80. The average molecular weight is 387 g/mol. The fourth-order valence-corrected chi connectivity index (χ4v) is 2.04. The van der Waals surface area contributed by atoms with E-state index < -0.39 is 5.82 Å². The van der Waals surface area contributed by atoms with E-state index >= 15 is 0 Å². The SMILES string of the molecule is CCC(=O)Oc1cccc(OC)c1COc1ccc(S)c(F)c1.CCl. The number of hydrogen-bond donors (Lipinski definition) is 1. The van der Waals surface area contributed by atoms with Crippen molar-refractivity contribution in [2.45, 2.75) is 24.8 Å². The van der Waals surface area contributed by atoms with Crippen molar-refractivity contribution < 1.29 is 23.4 Å². The van der Waals surface area contributed by atoms with Gasteiger partial charge in [-0.15, -0.1) is 24.2 Å². The molecule has 0 aliphatic heterocycles. The van der Waals surface area contributed by atoms with Crippen molar-refractivity contribution in [3.05, 3.63) is 47.8 Å². The molecule has 0 saturated heterocycles. The van der Waals surface area contributed by atoms with Gasteiger partial charge in [0.1, 0.15) is 29.7 Å². The van der Waals surface area contributed by atoms with Crippen LogP contribution in [0, 0.1) is 5.82 Å². The molecule has 0 aliphatic carbocycles. The normalized spacial score (nSPS) is 9.68. The van der Waals surface area contributed by atoms with E-state index in [4.69, 9.17) is 14.2 Å². The van der Waals surface area contributed by atoms with Gasteiger partial charge in [0.15, 0.2) is 0 Å². The average Bonchev–Trinajstić information content (AvgIpc) is 2.64. The molecule has 7 heteroatoms. The third-order valence-electron chi connectivity index (χ3n) is 3.12. The Morgan fingerprint density at radius 2 is 1.88 bits per heavy atom. The lowest BCUT2D eigenvalue weighted by atomic mass is 10.2. The number of halogens is 2. The third-order valence-corrected chi connectivity index (χ3v) is 3.49. The summed E-state index contributed by atoms with van der Waals surface area (Å²) in [6.45, 7) is 1.78. The zero-order valence-corrected chi connectivity index (χ0v) is 15.9. The molecular weight excluding hydrogens is 367 g/mol. The molecule has 4 nitrogen and oxygen atoms in total. The fourth-order valence-electron chi connectivity index (χ4n) is 1.90. The van der Waals surface area contributed by atoms with Crippen LogP contribution in [0.5, 0.6) is 17.2 Å². The predicted molar refractivity (Wildman–Crippen MR) is 98.7 cm³/mol. The maximum atomic E-state index is 13.5. The van der Waals surface area contributed by atoms with Crippen molar-refractivity contribution in [1.82, 2.24) is 0 Å². The number of rotatable bonds is 6. The summed E-state index contributed by atoms with van der Waals surface area (Å²) in [4.78, 5) is 11.8. The first-order valence-electron chi connectivity index (χ1n) is 7.40. The van der Waals surface area contributed by atoms with E-state index in [1.54, 1.807) is 31.2 Å². The van der Waals surface area contributed by atoms with Crippen molar-refractivity contribution in [2.24, 2.45) is 0 Å². The van der Waals surface area contributed by atoms with E-state index in [9.17, 15) is 9.18 Å². The number of benzene rings is 2. The van der Waals surface area contributed by atoms with E-state index in [1.807, 2.05) is 0 Å². The van der Waals surface area contributed by atoms with Gasteiger partial charge in [-0.05, 0) is 24.3 Å². The molecule has 0 unspecified atom stereocenters. The summed E-state index contributed by atoms with van der Waals surface area (Å²) in [7, 11) is 1.51. The highest BCUT2D eigenvalue weighted by Crippen LogP contribution is 2.30. The van der Waals surface area contributed by atoms with Gasteiger partial charge in [0.05, 0.1) is 12.7 Å². The van der Waals surface area contributed by atoms with Gasteiger partial charge in [-0.2, -0.15) is 0 Å². The Hall–Kier alpha value is -1.92. The lowest BCUT2D eigenvalue weighted by Crippen LogP contribution is -2.09. The van der Waals surface area contributed by atoms with Crippen LogP contribution >= 0.6 is 24.2 Å². The summed E-state index contributed by atoms with van der Waals surface area (Å²) in [5.74, 6) is 0.410. The molecule has 2 aromatic rings. The van der Waals surface area contributed by atoms with Gasteiger partial charge in [-0.1, -0.05) is 13.0 Å². The monoisotopic (exact) mass is 386 g/mol. The molecule has 0 bridgehead atoms. The van der Waals surface area contributed by atoms with Crippen LogP contribution in [0.4, 0.5) is 4.39 Å². The first-order chi connectivity index (χ1) is 12.0. The Balaban J connectivity index is 0.00000151. The molecule has 0 saturated carbocycles. The minimum absolute atomic E-state index is 0.0711. The first kappa shape index (κ1) is 21.1. The predicted octanol–water partition coefficient (Wildman–Crippen LogP) is 4.87. The number of carbonyl (C=O) groups excluding carboxylic acids is 1. The molecule has 0 radical (unpaired) electrons. The van der Waals surface area contributed by atoms with Crippen LogP contribution in [-0.2, 0) is 11.4 Å². The second-order valence-corrected chi connectivity index (χ2v) is 5.15. The Kier molecular flexibility index (Phi) is 9.16. The van der Waals surface area contributed by atoms with E-state index in [1.165, 1.54) is 25.6 Å². The van der Waals surface area contributed by atoms with Gasteiger partial charge >= 0.3 is 5.97 Å². The van der Waals surface area contributed by atoms with E-state index in [-0.39, 0.29) is 23.9 Å². The molecule has 0 atom stereocenters. The Morgan fingerprint density at radius 1 is 1.20 bits per heavy atom. The number of hydrogen-bond acceptors (Lipinski definition) is 5. The summed E-state index contributed by atoms with van der Waals surface area (Å²) in [6, 6.07) is 9.48. The number of methoxy groups -OCH3 is 1. The summed E-state index contributed by atoms with van der Waals surface area (Å²) in [6.07, 6.45) is 1.73. The topological polar surface area (TPSA) is 44.8 Å². The summed E-state index contributed by atoms with van der Waals surface area (Å²) >= 11 is 8.61. The number of thiol groups is 1. The van der Waals surface area contributed by atoms with Gasteiger partial charge < -0.3 is 14.2 Å². The van der Waals surface area contributed by atoms with Crippen LogP contribution in [0.15, 0.2) is 41.3 Å². The van der Waals surface area contributed by atoms with E-state index in [0.29, 0.717) is 22.8 Å². The Morgan fingerprint density at radius 3 is 2.48 bits per heavy atom. The molecule has 0 heterocycles. The molecule has 136 valence electrons. The second kappa shape index (κ2) is 10.8. The van der Waals surface area contributed by atoms with Gasteiger partial charge in [0.25, 0.3) is 0 Å². The van der Waals surface area contributed by atoms with Crippen LogP contribution in [0.25, 0.3) is 0 Å². The van der Waals surface area contributed by atoms with Crippen LogP contribution in [0.1, 0.15) is 18.9 Å². The summed E-state index contributed by atoms with van der Waals surface area (Å²) < 4.78 is 29.6. The largest absolute Gasteiger partial charge is 0.496 e. The molecule has 0 N–H and O–H groups in total. The molecule has 25 heavy (non-hydrogen) atoms. The van der Waals surface area contributed by atoms with Gasteiger partial charge in [0.2, 0.25) is 0 Å². The standard InChI is InChI=1S/C17H17FO4S.CH3Cl/c1-3-17(19)22-15-6-4-5-14(20-2)12(15)10-21-11-7-8-16(23)13(18)9-11;1-2/h4-9,23H,3,10H2,1-2H3;1H3. The van der Waals surface area contributed by atoms with Crippen LogP contribution in [0.2, 0.25) is 0 Å². The maximum Gasteiger partial charge on any atom is 0.310 e. The lowest BCUT2D eigenvalue weighted by Gasteiger charge is -2.14. The van der Waals surface area contributed by atoms with Crippen LogP contribution < -0.4 is 14.2 Å². The van der Waals surface area contributed by atoms with Crippen molar-refractivity contribution in [1.29, 1.82) is 0 Å². The number of ether oxygens (including phenoxy) is 3. The minimum Gasteiger partial charge on any atom is -0.496 e. The van der Waals surface area contributed by atoms with Gasteiger partial charge in [-0.3, -0.25) is 4.79 Å². The van der Waals surface area contributed by atoms with Gasteiger partial charge in [0, 0.05) is 23.8 Å². The molecule has 0 aliphatic rings. The van der Waals surface area contributed by atoms with Crippen LogP contribution in [0.3, 0.4) is 0 Å². The number of esters is 1. The van der Waals surface area contributed by atoms with Crippen molar-refractivity contribution in [2.75, 3.05) is 13.5 Å². The zero-order chi connectivity index (χ0) is 18.8. The first-order valence-corrected chi connectivity index (χ1v) is 8.61. The highest BCUT2D eigenvalue weighted by Gasteiger charge is 2.14. The molecule has 0 amide bonds. The highest BCUT2D eigenvalue weighted by atomic mass is 35.5. The maximum absolute atomic E-state index is 13.5. The fraction of sp³-hybridized carbons (Fsp3) is 0.278. The van der Waals surface area contributed by atoms with E-state index in [2.05, 4.69) is 24.2 Å². The molecule has 2 aromatic carbocycles. The van der Waals surface area contributed by atoms with Gasteiger partial charge in [-0.25, -0.2) is 4.39 Å². The molecule has 0 spiro atoms. The molecule has 2 rings (SSSR count). The smallest absolute Gasteiger partial charge is 0.310 e. The number of carbonyl (C=O) groups is 1. The minimum atomic E-state index is -0.469. The summed E-state index contributed by atoms with van der Waals surface area (Å²) in [5.41, 5.74) is 0.576. The van der Waals surface area contributed by atoms with Crippen molar-refractivity contribution in [3.63, 3.8) is 0 Å². The Labute approximate surface area is 157 Å². The quantitative estimate of drug-likeness (QED) is 0.333. The molecule has 0 fully saturated rings. The third kappa shape index (κ3) is 6.14. The second-order valence-electron chi connectivity index (χ2n) is 4.67. The van der Waals surface area contributed by atoms with E-state index in [0.717, 1.165) is 0 Å². The van der Waals surface area contributed by atoms with Crippen molar-refractivity contribution in [3.8, 4) is 17.2 Å². The van der Waals surface area contributed by atoms with Crippen molar-refractivity contribution >= 4 is 30.2 Å². The van der Waals surface area contributed by atoms with Crippen LogP contribution in [-0.4, -0.2) is 19.5 Å². The zero-order valence-electron chi connectivity index (χ0n) is 14.2. The number of alkyl halides is 1. The molecular formula is C18H20ClFO4S. The summed E-state index contributed by atoms with van der Waals surface area (Å²) in [5, 5.41) is 0. The Bertz CT molecular complexity index is 709.